The number of aromatic nitrogens is 4. The average Bonchev–Trinajstić information content (AvgIpc) is 3.35. The van der Waals surface area contributed by atoms with Gasteiger partial charge in [0.2, 0.25) is 0 Å². The van der Waals surface area contributed by atoms with Crippen LogP contribution >= 0.6 is 23.2 Å². The summed E-state index contributed by atoms with van der Waals surface area (Å²) in [5, 5.41) is 16.5. The lowest BCUT2D eigenvalue weighted by Crippen LogP contribution is -2.18. The van der Waals surface area contributed by atoms with Crippen molar-refractivity contribution in [3.63, 3.8) is 0 Å². The van der Waals surface area contributed by atoms with Crippen molar-refractivity contribution in [3.05, 3.63) is 87.3 Å². The van der Waals surface area contributed by atoms with Crippen molar-refractivity contribution < 1.29 is 4.79 Å². The predicted octanol–water partition coefficient (Wildman–Crippen LogP) is 4.95. The molecule has 1 amide bonds. The number of hydrazone groups is 1. The molecule has 31 heavy (non-hydrogen) atoms. The first-order chi connectivity index (χ1) is 15.0. The minimum atomic E-state index is -0.441. The first-order valence-electron chi connectivity index (χ1n) is 9.40. The smallest absolute Gasteiger partial charge is 0.272 e. The summed E-state index contributed by atoms with van der Waals surface area (Å²) in [6, 6.07) is 16.6. The van der Waals surface area contributed by atoms with Crippen LogP contribution in [0.25, 0.3) is 16.9 Å². The maximum absolute atomic E-state index is 12.5. The molecule has 0 saturated heterocycles. The van der Waals surface area contributed by atoms with Gasteiger partial charge in [-0.05, 0) is 44.2 Å². The molecular weight excluding hydrogens is 435 g/mol. The van der Waals surface area contributed by atoms with E-state index in [9.17, 15) is 4.79 Å². The van der Waals surface area contributed by atoms with Gasteiger partial charge in [-0.1, -0.05) is 47.5 Å². The molecule has 0 aliphatic carbocycles. The van der Waals surface area contributed by atoms with Crippen molar-refractivity contribution in [2.24, 2.45) is 5.10 Å². The molecule has 9 heteroatoms. The van der Waals surface area contributed by atoms with Crippen molar-refractivity contribution in [1.29, 1.82) is 0 Å². The maximum atomic E-state index is 12.5. The topological polar surface area (TPSA) is 88.0 Å². The fourth-order valence-corrected chi connectivity index (χ4v) is 3.74. The van der Waals surface area contributed by atoms with Crippen molar-refractivity contribution in [2.45, 2.75) is 13.8 Å². The molecule has 0 radical (unpaired) electrons. The summed E-state index contributed by atoms with van der Waals surface area (Å²) in [5.74, 6) is -0.441. The van der Waals surface area contributed by atoms with Crippen molar-refractivity contribution in [1.82, 2.24) is 25.4 Å². The second-order valence-corrected chi connectivity index (χ2v) is 7.61. The van der Waals surface area contributed by atoms with E-state index >= 15 is 0 Å². The van der Waals surface area contributed by atoms with E-state index < -0.39 is 5.91 Å². The van der Waals surface area contributed by atoms with Crippen LogP contribution in [0.2, 0.25) is 10.0 Å². The number of halogens is 2. The number of aryl methyl sites for hydroxylation is 1. The Morgan fingerprint density at radius 3 is 2.52 bits per heavy atom. The fourth-order valence-electron chi connectivity index (χ4n) is 3.25. The largest absolute Gasteiger partial charge is 0.289 e. The van der Waals surface area contributed by atoms with E-state index in [0.717, 1.165) is 22.6 Å². The number of hydrogen-bond donors (Lipinski definition) is 2. The van der Waals surface area contributed by atoms with Gasteiger partial charge in [0.05, 0.1) is 39.0 Å². The highest BCUT2D eigenvalue weighted by atomic mass is 35.5. The van der Waals surface area contributed by atoms with E-state index in [2.05, 4.69) is 25.8 Å². The molecule has 2 aromatic heterocycles. The predicted molar refractivity (Wildman–Crippen MR) is 122 cm³/mol. The Balaban J connectivity index is 1.54. The normalized spacial score (nSPS) is 11.2. The molecule has 0 bridgehead atoms. The number of carbonyl (C=O) groups is 1. The third-order valence-electron chi connectivity index (χ3n) is 4.73. The van der Waals surface area contributed by atoms with Gasteiger partial charge in [0, 0.05) is 11.1 Å². The van der Waals surface area contributed by atoms with Gasteiger partial charge < -0.3 is 0 Å². The van der Waals surface area contributed by atoms with E-state index in [1.54, 1.807) is 24.3 Å². The number of hydrogen-bond acceptors (Lipinski definition) is 4. The molecule has 156 valence electrons. The van der Waals surface area contributed by atoms with Crippen LogP contribution in [0.4, 0.5) is 0 Å². The number of H-pyrrole nitrogens is 1. The van der Waals surface area contributed by atoms with Gasteiger partial charge in [-0.25, -0.2) is 10.1 Å². The molecule has 4 rings (SSSR count). The van der Waals surface area contributed by atoms with Crippen LogP contribution in [-0.2, 0) is 0 Å². The zero-order chi connectivity index (χ0) is 22.0. The van der Waals surface area contributed by atoms with Gasteiger partial charge in [0.1, 0.15) is 5.69 Å². The first kappa shape index (κ1) is 20.8. The Kier molecular flexibility index (Phi) is 5.88. The summed E-state index contributed by atoms with van der Waals surface area (Å²) in [7, 11) is 0. The summed E-state index contributed by atoms with van der Waals surface area (Å²) in [4.78, 5) is 12.5. The van der Waals surface area contributed by atoms with Crippen molar-refractivity contribution >= 4 is 35.3 Å². The molecule has 0 aliphatic rings. The zero-order valence-electron chi connectivity index (χ0n) is 16.7. The number of benzene rings is 2. The fraction of sp³-hybridized carbons (Fsp3) is 0.0909. The highest BCUT2D eigenvalue weighted by molar-refractivity contribution is 6.38. The van der Waals surface area contributed by atoms with Gasteiger partial charge in [-0.3, -0.25) is 9.89 Å². The Bertz CT molecular complexity index is 1260. The average molecular weight is 453 g/mol. The Morgan fingerprint density at radius 1 is 1.10 bits per heavy atom. The lowest BCUT2D eigenvalue weighted by Gasteiger charge is -2.04. The van der Waals surface area contributed by atoms with Crippen LogP contribution in [0.3, 0.4) is 0 Å². The summed E-state index contributed by atoms with van der Waals surface area (Å²) in [6.07, 6.45) is 1.40. The third-order valence-corrected chi connectivity index (χ3v) is 5.39. The van der Waals surface area contributed by atoms with Gasteiger partial charge in [-0.2, -0.15) is 15.3 Å². The van der Waals surface area contributed by atoms with E-state index in [1.165, 1.54) is 6.21 Å². The third kappa shape index (κ3) is 4.23. The molecule has 0 unspecified atom stereocenters. The molecule has 0 spiro atoms. The van der Waals surface area contributed by atoms with Crippen LogP contribution < -0.4 is 5.43 Å². The standard InChI is InChI=1S/C22H18Cl2N6O/c1-13-21(14(2)30(29-13)15-7-4-3-5-8-15)19-11-20(27-26-19)22(31)28-25-12-16-17(23)9-6-10-18(16)24/h3-12H,1-2H3,(H,26,27)(H,28,31)/b25-12+. The molecule has 2 N–H and O–H groups in total. The Hall–Kier alpha value is -3.42. The monoisotopic (exact) mass is 452 g/mol. The van der Waals surface area contributed by atoms with Crippen LogP contribution in [-0.4, -0.2) is 32.1 Å². The van der Waals surface area contributed by atoms with E-state index in [0.29, 0.717) is 21.3 Å². The Labute approximate surface area is 188 Å². The summed E-state index contributed by atoms with van der Waals surface area (Å²) in [5.41, 5.74) is 7.42. The van der Waals surface area contributed by atoms with E-state index in [-0.39, 0.29) is 5.69 Å². The molecule has 0 atom stereocenters. The summed E-state index contributed by atoms with van der Waals surface area (Å²) >= 11 is 12.2. The van der Waals surface area contributed by atoms with Crippen molar-refractivity contribution in [3.8, 4) is 16.9 Å². The van der Waals surface area contributed by atoms with Crippen LogP contribution in [0, 0.1) is 13.8 Å². The number of nitrogens with one attached hydrogen (secondary N) is 2. The second kappa shape index (κ2) is 8.75. The van der Waals surface area contributed by atoms with Gasteiger partial charge in [0.25, 0.3) is 5.91 Å². The molecule has 7 nitrogen and oxygen atoms in total. The minimum absolute atomic E-state index is 0.267. The van der Waals surface area contributed by atoms with Crippen LogP contribution in [0.5, 0.6) is 0 Å². The van der Waals surface area contributed by atoms with Gasteiger partial charge >= 0.3 is 0 Å². The summed E-state index contributed by atoms with van der Waals surface area (Å²) < 4.78 is 1.86. The maximum Gasteiger partial charge on any atom is 0.289 e. The highest BCUT2D eigenvalue weighted by Gasteiger charge is 2.18. The molecule has 2 aromatic carbocycles. The van der Waals surface area contributed by atoms with Gasteiger partial charge in [-0.15, -0.1) is 0 Å². The SMILES string of the molecule is Cc1nn(-c2ccccc2)c(C)c1-c1cc(C(=O)N/N=C/c2c(Cl)cccc2Cl)[nH]n1. The number of amides is 1. The Morgan fingerprint density at radius 2 is 1.81 bits per heavy atom. The van der Waals surface area contributed by atoms with Gasteiger partial charge in [0.15, 0.2) is 0 Å². The first-order valence-corrected chi connectivity index (χ1v) is 10.2. The molecular formula is C22H18Cl2N6O. The molecule has 0 saturated carbocycles. The van der Waals surface area contributed by atoms with Crippen LogP contribution in [0.15, 0.2) is 59.7 Å². The lowest BCUT2D eigenvalue weighted by atomic mass is 10.1. The molecule has 2 heterocycles. The number of carbonyl (C=O) groups excluding carboxylic acids is 1. The molecule has 0 aliphatic heterocycles. The lowest BCUT2D eigenvalue weighted by molar-refractivity contribution is 0.0950. The van der Waals surface area contributed by atoms with E-state index in [4.69, 9.17) is 23.2 Å². The number of para-hydroxylation sites is 1. The molecule has 0 fully saturated rings. The van der Waals surface area contributed by atoms with Crippen molar-refractivity contribution in [2.75, 3.05) is 0 Å². The van der Waals surface area contributed by atoms with Crippen LogP contribution in [0.1, 0.15) is 27.4 Å². The second-order valence-electron chi connectivity index (χ2n) is 6.79. The van der Waals surface area contributed by atoms with E-state index in [1.807, 2.05) is 48.9 Å². The zero-order valence-corrected chi connectivity index (χ0v) is 18.2. The number of aromatic amines is 1. The molecule has 4 aromatic rings. The number of rotatable bonds is 5. The number of nitrogens with zero attached hydrogens (tertiary/aromatic N) is 4. The minimum Gasteiger partial charge on any atom is -0.272 e. The quantitative estimate of drug-likeness (QED) is 0.331. The highest BCUT2D eigenvalue weighted by Crippen LogP contribution is 2.27. The summed E-state index contributed by atoms with van der Waals surface area (Å²) in [6.45, 7) is 3.88.